The van der Waals surface area contributed by atoms with Gasteiger partial charge in [-0.1, -0.05) is 49.6 Å². The van der Waals surface area contributed by atoms with Crippen LogP contribution in [-0.4, -0.2) is 67.9 Å². The molecule has 1 unspecified atom stereocenters. The fourth-order valence-electron chi connectivity index (χ4n) is 4.36. The molecule has 2 amide bonds. The second kappa shape index (κ2) is 11.3. The van der Waals surface area contributed by atoms with Gasteiger partial charge in [0.25, 0.3) is 0 Å². The van der Waals surface area contributed by atoms with Gasteiger partial charge in [-0.15, -0.1) is 0 Å². The Bertz CT molecular complexity index is 638. The maximum Gasteiger partial charge on any atom is 0.239 e. The fourth-order valence-corrected chi connectivity index (χ4v) is 4.36. The zero-order valence-corrected chi connectivity index (χ0v) is 17.7. The maximum absolute atomic E-state index is 12.6. The summed E-state index contributed by atoms with van der Waals surface area (Å²) in [5, 5.41) is 5.97. The molecule has 2 fully saturated rings. The smallest absolute Gasteiger partial charge is 0.239 e. The molecule has 160 valence electrons. The van der Waals surface area contributed by atoms with Crippen molar-refractivity contribution in [2.75, 3.05) is 46.3 Å². The third-order valence-corrected chi connectivity index (χ3v) is 6.22. The second-order valence-corrected chi connectivity index (χ2v) is 8.62. The van der Waals surface area contributed by atoms with Crippen molar-refractivity contribution in [3.8, 4) is 0 Å². The number of nitrogens with zero attached hydrogens (tertiary/aromatic N) is 2. The summed E-state index contributed by atoms with van der Waals surface area (Å²) in [6, 6.07) is 10.0. The van der Waals surface area contributed by atoms with Crippen molar-refractivity contribution in [2.45, 2.75) is 44.6 Å². The van der Waals surface area contributed by atoms with Gasteiger partial charge in [-0.25, -0.2) is 0 Å². The van der Waals surface area contributed by atoms with Gasteiger partial charge < -0.3 is 15.5 Å². The van der Waals surface area contributed by atoms with Gasteiger partial charge in [0, 0.05) is 39.1 Å². The van der Waals surface area contributed by atoms with E-state index >= 15 is 0 Å². The minimum absolute atomic E-state index is 0.00220. The molecule has 1 saturated carbocycles. The largest absolute Gasteiger partial charge is 0.347 e. The van der Waals surface area contributed by atoms with Crippen LogP contribution < -0.4 is 10.6 Å². The average molecular weight is 401 g/mol. The first-order chi connectivity index (χ1) is 14.1. The number of amides is 2. The third kappa shape index (κ3) is 7.44. The molecule has 1 heterocycles. The van der Waals surface area contributed by atoms with E-state index in [0.717, 1.165) is 51.1 Å². The number of benzene rings is 1. The van der Waals surface area contributed by atoms with Crippen LogP contribution in [0.3, 0.4) is 0 Å². The van der Waals surface area contributed by atoms with E-state index in [1.54, 1.807) is 0 Å². The average Bonchev–Trinajstić information content (AvgIpc) is 2.75. The van der Waals surface area contributed by atoms with Gasteiger partial charge in [-0.3, -0.25) is 14.5 Å². The zero-order valence-electron chi connectivity index (χ0n) is 17.7. The standard InChI is InChI=1S/C23H36N4O2/c1-26-12-14-27(15-13-26)18-21(20-10-6-3-7-11-20)25-23(29)17-24-22(28)16-19-8-4-2-5-9-19/h3,6-7,10-11,19,21H,2,4-5,8-9,12-18H2,1H3,(H,24,28)(H,25,29). The van der Waals surface area contributed by atoms with Crippen molar-refractivity contribution >= 4 is 11.8 Å². The lowest BCUT2D eigenvalue weighted by Crippen LogP contribution is -2.48. The molecular weight excluding hydrogens is 364 g/mol. The van der Waals surface area contributed by atoms with Crippen molar-refractivity contribution in [3.63, 3.8) is 0 Å². The number of rotatable bonds is 8. The summed E-state index contributed by atoms with van der Waals surface area (Å²) in [4.78, 5) is 29.5. The molecule has 1 atom stereocenters. The molecule has 0 aromatic heterocycles. The Morgan fingerprint density at radius 3 is 2.38 bits per heavy atom. The van der Waals surface area contributed by atoms with Crippen molar-refractivity contribution in [2.24, 2.45) is 5.92 Å². The second-order valence-electron chi connectivity index (χ2n) is 8.62. The summed E-state index contributed by atoms with van der Waals surface area (Å²) in [5.41, 5.74) is 1.10. The molecule has 0 spiro atoms. The quantitative estimate of drug-likeness (QED) is 0.702. The number of carbonyl (C=O) groups is 2. The number of hydrogen-bond donors (Lipinski definition) is 2. The minimum Gasteiger partial charge on any atom is -0.347 e. The number of likely N-dealkylation sites (N-methyl/N-ethyl adjacent to an activating group) is 1. The molecular formula is C23H36N4O2. The molecule has 0 radical (unpaired) electrons. The van der Waals surface area contributed by atoms with Gasteiger partial charge in [0.2, 0.25) is 11.8 Å². The van der Waals surface area contributed by atoms with Crippen molar-refractivity contribution in [1.29, 1.82) is 0 Å². The number of piperazine rings is 1. The van der Waals surface area contributed by atoms with E-state index in [0.29, 0.717) is 12.3 Å². The zero-order chi connectivity index (χ0) is 20.5. The Hall–Kier alpha value is -1.92. The lowest BCUT2D eigenvalue weighted by molar-refractivity contribution is -0.127. The molecule has 2 aliphatic rings. The minimum atomic E-state index is -0.120. The highest BCUT2D eigenvalue weighted by Gasteiger charge is 2.22. The van der Waals surface area contributed by atoms with Gasteiger partial charge in [-0.05, 0) is 31.4 Å². The summed E-state index contributed by atoms with van der Waals surface area (Å²) >= 11 is 0. The van der Waals surface area contributed by atoms with Crippen LogP contribution in [0.1, 0.15) is 50.1 Å². The molecule has 29 heavy (non-hydrogen) atoms. The van der Waals surface area contributed by atoms with Gasteiger partial charge in [0.05, 0.1) is 12.6 Å². The lowest BCUT2D eigenvalue weighted by Gasteiger charge is -2.35. The van der Waals surface area contributed by atoms with Gasteiger partial charge >= 0.3 is 0 Å². The van der Waals surface area contributed by atoms with Gasteiger partial charge in [-0.2, -0.15) is 0 Å². The SMILES string of the molecule is CN1CCN(CC(NC(=O)CNC(=O)CC2CCCCC2)c2ccccc2)CC1. The summed E-state index contributed by atoms with van der Waals surface area (Å²) in [6.45, 7) is 4.96. The predicted octanol–water partition coefficient (Wildman–Crippen LogP) is 2.18. The van der Waals surface area contributed by atoms with Crippen LogP contribution in [0.25, 0.3) is 0 Å². The van der Waals surface area contributed by atoms with Crippen LogP contribution in [0.5, 0.6) is 0 Å². The summed E-state index contributed by atoms with van der Waals surface area (Å²) in [7, 11) is 2.14. The van der Waals surface area contributed by atoms with Gasteiger partial charge in [0.1, 0.15) is 0 Å². The highest BCUT2D eigenvalue weighted by atomic mass is 16.2. The molecule has 0 bridgehead atoms. The topological polar surface area (TPSA) is 64.7 Å². The molecule has 1 aliphatic heterocycles. The first-order valence-electron chi connectivity index (χ1n) is 11.1. The van der Waals surface area contributed by atoms with E-state index in [2.05, 4.69) is 39.6 Å². The normalized spacial score (nSPS) is 20.2. The molecule has 1 saturated heterocycles. The van der Waals surface area contributed by atoms with Crippen molar-refractivity contribution in [3.05, 3.63) is 35.9 Å². The number of nitrogens with one attached hydrogen (secondary N) is 2. The van der Waals surface area contributed by atoms with E-state index in [9.17, 15) is 9.59 Å². The Labute approximate surface area is 175 Å². The van der Waals surface area contributed by atoms with E-state index in [1.807, 2.05) is 18.2 Å². The lowest BCUT2D eigenvalue weighted by atomic mass is 9.87. The number of hydrogen-bond acceptors (Lipinski definition) is 4. The van der Waals surface area contributed by atoms with E-state index in [-0.39, 0.29) is 24.4 Å². The van der Waals surface area contributed by atoms with Crippen LogP contribution in [0, 0.1) is 5.92 Å². The predicted molar refractivity (Wildman–Crippen MR) is 115 cm³/mol. The Kier molecular flexibility index (Phi) is 8.50. The maximum atomic E-state index is 12.6. The molecule has 3 rings (SSSR count). The molecule has 6 heteroatoms. The van der Waals surface area contributed by atoms with Crippen molar-refractivity contribution < 1.29 is 9.59 Å². The first kappa shape index (κ1) is 21.8. The molecule has 2 N–H and O–H groups in total. The highest BCUT2D eigenvalue weighted by Crippen LogP contribution is 2.26. The van der Waals surface area contributed by atoms with Gasteiger partial charge in [0.15, 0.2) is 0 Å². The highest BCUT2D eigenvalue weighted by molar-refractivity contribution is 5.85. The van der Waals surface area contributed by atoms with E-state index in [1.165, 1.54) is 19.3 Å². The Balaban J connectivity index is 1.48. The van der Waals surface area contributed by atoms with E-state index in [4.69, 9.17) is 0 Å². The summed E-state index contributed by atoms with van der Waals surface area (Å²) < 4.78 is 0. The molecule has 1 aliphatic carbocycles. The van der Waals surface area contributed by atoms with Crippen LogP contribution in [0.15, 0.2) is 30.3 Å². The molecule has 6 nitrogen and oxygen atoms in total. The third-order valence-electron chi connectivity index (χ3n) is 6.22. The van der Waals surface area contributed by atoms with Crippen LogP contribution in [0.4, 0.5) is 0 Å². The van der Waals surface area contributed by atoms with Crippen LogP contribution in [-0.2, 0) is 9.59 Å². The Morgan fingerprint density at radius 1 is 1.00 bits per heavy atom. The van der Waals surface area contributed by atoms with Crippen LogP contribution >= 0.6 is 0 Å². The monoisotopic (exact) mass is 400 g/mol. The Morgan fingerprint density at radius 2 is 1.69 bits per heavy atom. The molecule has 1 aromatic carbocycles. The van der Waals surface area contributed by atoms with E-state index < -0.39 is 0 Å². The number of carbonyl (C=O) groups excluding carboxylic acids is 2. The summed E-state index contributed by atoms with van der Waals surface area (Å²) in [6.07, 6.45) is 6.57. The fraction of sp³-hybridized carbons (Fsp3) is 0.652. The van der Waals surface area contributed by atoms with Crippen LogP contribution in [0.2, 0.25) is 0 Å². The first-order valence-corrected chi connectivity index (χ1v) is 11.1. The molecule has 1 aromatic rings. The summed E-state index contributed by atoms with van der Waals surface area (Å²) in [5.74, 6) is 0.369. The van der Waals surface area contributed by atoms with Crippen molar-refractivity contribution in [1.82, 2.24) is 20.4 Å².